The maximum atomic E-state index is 8.26. The molecule has 0 aliphatic heterocycles. The van der Waals surface area contributed by atoms with E-state index in [4.69, 9.17) is 3.40 Å². The van der Waals surface area contributed by atoms with Crippen LogP contribution in [0.3, 0.4) is 0 Å². The molecule has 18 heavy (non-hydrogen) atoms. The molecule has 3 aromatic rings. The minimum Gasteiger partial charge on any atom is -0.254 e. The first kappa shape index (κ1) is 17.1. The Kier molecular flexibility index (Phi) is 7.84. The molecular weight excluding hydrogens is 355 g/mol. The predicted molar refractivity (Wildman–Crippen MR) is 72.2 cm³/mol. The number of fused-ring (bicyclic) bond motifs is 3. The summed E-state index contributed by atoms with van der Waals surface area (Å²) in [7, 11) is 0. The quantitative estimate of drug-likeness (QED) is 0.453. The fraction of sp³-hybridized carbons (Fsp3) is 0. The van der Waals surface area contributed by atoms with Crippen molar-refractivity contribution < 1.29 is 23.2 Å². The molecule has 0 atom stereocenters. The average molecular weight is 365 g/mol. The molecule has 3 nitrogen and oxygen atoms in total. The summed E-state index contributed by atoms with van der Waals surface area (Å²) in [6.07, 6.45) is 3.60. The van der Waals surface area contributed by atoms with Gasteiger partial charge in [0.25, 0.3) is 0 Å². The van der Waals surface area contributed by atoms with Crippen LogP contribution in [0.5, 0.6) is 0 Å². The molecule has 94 valence electrons. The maximum Gasteiger partial charge on any atom is 0.0964 e. The van der Waals surface area contributed by atoms with Crippen molar-refractivity contribution in [3.63, 3.8) is 0 Å². The molecule has 0 saturated carbocycles. The van der Waals surface area contributed by atoms with E-state index in [-0.39, 0.29) is 24.8 Å². The summed E-state index contributed by atoms with van der Waals surface area (Å²) in [4.78, 5) is 8.69. The molecule has 2 heterocycles. The van der Waals surface area contributed by atoms with Crippen molar-refractivity contribution in [2.24, 2.45) is 0 Å². The van der Waals surface area contributed by atoms with E-state index in [1.807, 2.05) is 12.1 Å². The van der Waals surface area contributed by atoms with Gasteiger partial charge in [-0.3, -0.25) is 9.97 Å². The van der Waals surface area contributed by atoms with E-state index in [0.717, 1.165) is 21.8 Å². The van der Waals surface area contributed by atoms with Crippen LogP contribution in [0.15, 0.2) is 48.8 Å². The van der Waals surface area contributed by atoms with Crippen LogP contribution in [-0.2, 0) is 23.2 Å². The van der Waals surface area contributed by atoms with Crippen LogP contribution in [-0.4, -0.2) is 9.97 Å². The third kappa shape index (κ3) is 3.32. The molecule has 6 heteroatoms. The Morgan fingerprint density at radius 2 is 1.11 bits per heavy atom. The Morgan fingerprint density at radius 1 is 0.722 bits per heavy atom. The fourth-order valence-corrected chi connectivity index (χ4v) is 1.68. The zero-order valence-electron chi connectivity index (χ0n) is 9.15. The number of pyridine rings is 2. The average Bonchev–Trinajstić information content (AvgIpc) is 2.41. The zero-order chi connectivity index (χ0) is 11.4. The topological polar surface area (TPSA) is 42.9 Å². The van der Waals surface area contributed by atoms with Crippen molar-refractivity contribution in [1.82, 2.24) is 9.97 Å². The zero-order valence-corrected chi connectivity index (χ0v) is 12.8. The molecule has 0 amide bonds. The number of halogens is 2. The summed E-state index contributed by atoms with van der Waals surface area (Å²) in [5.41, 5.74) is 1.95. The first-order valence-electron chi connectivity index (χ1n) is 4.70. The van der Waals surface area contributed by atoms with Gasteiger partial charge in [-0.05, 0) is 12.1 Å². The smallest absolute Gasteiger partial charge is 0.0964 e. The molecule has 1 aromatic carbocycles. The van der Waals surface area contributed by atoms with Crippen molar-refractivity contribution in [1.29, 1.82) is 0 Å². The number of nitrogens with zero attached hydrogens (tertiary/aromatic N) is 2. The van der Waals surface area contributed by atoms with Crippen LogP contribution < -0.4 is 0 Å². The van der Waals surface area contributed by atoms with E-state index in [2.05, 4.69) is 34.2 Å². The summed E-state index contributed by atoms with van der Waals surface area (Å²) in [5.74, 6) is 0. The van der Waals surface area contributed by atoms with Gasteiger partial charge in [-0.25, -0.2) is 0 Å². The number of rotatable bonds is 0. The standard InChI is InChI=1S/C12H8N2.2ClH.Mo.O/c1-3-9-5-6-10-4-2-8-14-12(10)11(9)13-7-1;;;;/h1-8H;2*1H;;. The van der Waals surface area contributed by atoms with E-state index in [1.165, 1.54) is 0 Å². The number of hydrogen-bond donors (Lipinski definition) is 0. The van der Waals surface area contributed by atoms with E-state index in [1.54, 1.807) is 12.4 Å². The Labute approximate surface area is 128 Å². The van der Waals surface area contributed by atoms with E-state index in [9.17, 15) is 0 Å². The third-order valence-corrected chi connectivity index (χ3v) is 2.34. The van der Waals surface area contributed by atoms with Crippen molar-refractivity contribution >= 4 is 46.6 Å². The predicted octanol–water partition coefficient (Wildman–Crippen LogP) is 3.51. The molecule has 0 spiro atoms. The molecule has 0 saturated heterocycles. The minimum absolute atomic E-state index is 0. The Bertz CT molecular complexity index is 582. The van der Waals surface area contributed by atoms with Gasteiger partial charge in [0.2, 0.25) is 0 Å². The monoisotopic (exact) mass is 366 g/mol. The van der Waals surface area contributed by atoms with Gasteiger partial charge in [0.05, 0.1) is 11.0 Å². The summed E-state index contributed by atoms with van der Waals surface area (Å²) in [6, 6.07) is 12.1. The molecule has 0 aliphatic carbocycles. The molecule has 0 radical (unpaired) electrons. The van der Waals surface area contributed by atoms with E-state index in [0.29, 0.717) is 19.8 Å². The van der Waals surface area contributed by atoms with Crippen LogP contribution in [0, 0.1) is 0 Å². The summed E-state index contributed by atoms with van der Waals surface area (Å²) >= 11 is 0.700. The van der Waals surface area contributed by atoms with Crippen LogP contribution in [0.4, 0.5) is 0 Å². The van der Waals surface area contributed by atoms with Crippen molar-refractivity contribution in [2.45, 2.75) is 0 Å². The number of aromatic nitrogens is 2. The minimum atomic E-state index is 0. The van der Waals surface area contributed by atoms with Crippen molar-refractivity contribution in [3.8, 4) is 0 Å². The summed E-state index contributed by atoms with van der Waals surface area (Å²) in [6.45, 7) is 0. The van der Waals surface area contributed by atoms with Crippen LogP contribution in [0.1, 0.15) is 0 Å². The van der Waals surface area contributed by atoms with Crippen LogP contribution in [0.2, 0.25) is 0 Å². The van der Waals surface area contributed by atoms with E-state index < -0.39 is 0 Å². The van der Waals surface area contributed by atoms with Gasteiger partial charge >= 0.3 is 23.2 Å². The Hall–Kier alpha value is -0.892. The molecule has 0 N–H and O–H groups in total. The van der Waals surface area contributed by atoms with Gasteiger partial charge in [-0.15, -0.1) is 24.8 Å². The number of hydrogen-bond acceptors (Lipinski definition) is 3. The van der Waals surface area contributed by atoms with Crippen molar-refractivity contribution in [2.75, 3.05) is 0 Å². The number of benzene rings is 1. The SMILES string of the molecule is Cl.Cl.[O]=[Mo].c1cnc2c(c1)ccc1cccnc12. The fourth-order valence-electron chi connectivity index (χ4n) is 1.68. The summed E-state index contributed by atoms with van der Waals surface area (Å²) in [5, 5.41) is 2.28. The molecular formula is C12H10Cl2MoN2O. The van der Waals surface area contributed by atoms with Gasteiger partial charge in [0.15, 0.2) is 0 Å². The van der Waals surface area contributed by atoms with Gasteiger partial charge in [-0.1, -0.05) is 24.3 Å². The Balaban J connectivity index is 0.000000691. The van der Waals surface area contributed by atoms with Gasteiger partial charge in [0, 0.05) is 23.2 Å². The second-order valence-electron chi connectivity index (χ2n) is 3.22. The third-order valence-electron chi connectivity index (χ3n) is 2.34. The maximum absolute atomic E-state index is 8.26. The van der Waals surface area contributed by atoms with Crippen LogP contribution >= 0.6 is 24.8 Å². The molecule has 0 unspecified atom stereocenters. The normalized spacial score (nSPS) is 8.67. The summed E-state index contributed by atoms with van der Waals surface area (Å²) < 4.78 is 8.26. The van der Waals surface area contributed by atoms with E-state index >= 15 is 0 Å². The Morgan fingerprint density at radius 3 is 1.50 bits per heavy atom. The molecule has 2 aromatic heterocycles. The molecule has 0 bridgehead atoms. The van der Waals surface area contributed by atoms with Gasteiger partial charge in [0.1, 0.15) is 0 Å². The molecule has 3 rings (SSSR count). The van der Waals surface area contributed by atoms with Gasteiger partial charge in [-0.2, -0.15) is 0 Å². The molecule has 0 aliphatic rings. The first-order valence-corrected chi connectivity index (χ1v) is 5.52. The largest absolute Gasteiger partial charge is 0.254 e. The van der Waals surface area contributed by atoms with Crippen molar-refractivity contribution in [3.05, 3.63) is 48.8 Å². The second-order valence-corrected chi connectivity index (χ2v) is 3.22. The first-order chi connectivity index (χ1) is 7.95. The molecule has 0 fully saturated rings. The second kappa shape index (κ2) is 8.25. The van der Waals surface area contributed by atoms with Gasteiger partial charge < -0.3 is 0 Å². The van der Waals surface area contributed by atoms with Crippen LogP contribution in [0.25, 0.3) is 21.8 Å².